The number of non-ortho nitro benzene ring substituents is 1. The third-order valence-corrected chi connectivity index (χ3v) is 4.39. The Morgan fingerprint density at radius 2 is 1.76 bits per heavy atom. The second kappa shape index (κ2) is 7.50. The number of benzene rings is 2. The molecule has 9 nitrogen and oxygen atoms in total. The number of carbonyl (C=O) groups is 3. The van der Waals surface area contributed by atoms with Gasteiger partial charge in [0, 0.05) is 23.3 Å². The monoisotopic (exact) mass is 399 g/mol. The van der Waals surface area contributed by atoms with Crippen molar-refractivity contribution in [3.8, 4) is 0 Å². The highest BCUT2D eigenvalue weighted by atomic mass is 19.1. The van der Waals surface area contributed by atoms with E-state index >= 15 is 0 Å². The SMILES string of the molecule is O=C([O-])CN1C(=O)C(=O)C(=C(O)c2ccc([N+](=O)[O-])cc2)[C@@H]1c1ccccc1F. The number of ketones is 1. The van der Waals surface area contributed by atoms with Crippen LogP contribution in [0.3, 0.4) is 0 Å². The Morgan fingerprint density at radius 1 is 1.14 bits per heavy atom. The number of rotatable bonds is 5. The molecule has 0 spiro atoms. The highest BCUT2D eigenvalue weighted by Gasteiger charge is 2.46. The number of carboxylic acids is 1. The number of likely N-dealkylation sites (tertiary alicyclic amines) is 1. The van der Waals surface area contributed by atoms with Crippen molar-refractivity contribution in [1.29, 1.82) is 0 Å². The molecule has 0 aliphatic carbocycles. The fraction of sp³-hybridized carbons (Fsp3) is 0.105. The molecule has 1 saturated heterocycles. The zero-order valence-electron chi connectivity index (χ0n) is 14.6. The number of Topliss-reactive ketones (excluding diaryl/α,β-unsaturated/α-hetero) is 1. The van der Waals surface area contributed by atoms with E-state index in [2.05, 4.69) is 0 Å². The van der Waals surface area contributed by atoms with Gasteiger partial charge in [-0.15, -0.1) is 0 Å². The van der Waals surface area contributed by atoms with E-state index in [-0.39, 0.29) is 16.8 Å². The minimum atomic E-state index is -1.68. The number of amides is 1. The van der Waals surface area contributed by atoms with Gasteiger partial charge < -0.3 is 19.9 Å². The molecule has 10 heteroatoms. The fourth-order valence-electron chi connectivity index (χ4n) is 3.10. The van der Waals surface area contributed by atoms with Crippen molar-refractivity contribution in [1.82, 2.24) is 4.90 Å². The van der Waals surface area contributed by atoms with Crippen LogP contribution in [0.4, 0.5) is 10.1 Å². The molecular formula is C19H12FN2O7-. The first-order valence-corrected chi connectivity index (χ1v) is 8.20. The standard InChI is InChI=1S/C19H13FN2O7/c20-13-4-2-1-3-12(13)16-15(18(26)19(27)21(16)9-14(23)24)17(25)10-5-7-11(8-6-10)22(28)29/h1-8,16,25H,9H2,(H,23,24)/p-1/t16-/m0/s1. The lowest BCUT2D eigenvalue weighted by atomic mass is 9.95. The topological polar surface area (TPSA) is 141 Å². The van der Waals surface area contributed by atoms with Crippen LogP contribution in [0.1, 0.15) is 17.2 Å². The van der Waals surface area contributed by atoms with E-state index in [1.807, 2.05) is 0 Å². The van der Waals surface area contributed by atoms with Crippen LogP contribution in [0, 0.1) is 15.9 Å². The molecule has 0 saturated carbocycles. The number of nitrogens with zero attached hydrogens (tertiary/aromatic N) is 2. The molecule has 0 unspecified atom stereocenters. The zero-order valence-corrected chi connectivity index (χ0v) is 14.6. The van der Waals surface area contributed by atoms with Crippen molar-refractivity contribution in [2.45, 2.75) is 6.04 Å². The Balaban J connectivity index is 2.20. The van der Waals surface area contributed by atoms with Gasteiger partial charge in [-0.2, -0.15) is 0 Å². The maximum Gasteiger partial charge on any atom is 0.295 e. The van der Waals surface area contributed by atoms with Crippen LogP contribution in [0.15, 0.2) is 54.1 Å². The number of carbonyl (C=O) groups excluding carboxylic acids is 3. The van der Waals surface area contributed by atoms with Crippen molar-refractivity contribution in [2.24, 2.45) is 0 Å². The van der Waals surface area contributed by atoms with E-state index in [0.717, 1.165) is 30.3 Å². The lowest BCUT2D eigenvalue weighted by Crippen LogP contribution is -2.40. The first-order chi connectivity index (χ1) is 13.7. The van der Waals surface area contributed by atoms with E-state index in [1.54, 1.807) is 0 Å². The number of aliphatic hydroxyl groups excluding tert-OH is 1. The Hall–Kier alpha value is -4.08. The molecule has 1 atom stereocenters. The summed E-state index contributed by atoms with van der Waals surface area (Å²) in [6.45, 7) is -0.999. The van der Waals surface area contributed by atoms with Gasteiger partial charge in [-0.1, -0.05) is 18.2 Å². The van der Waals surface area contributed by atoms with Crippen LogP contribution >= 0.6 is 0 Å². The Labute approximate surface area is 162 Å². The maximum atomic E-state index is 14.4. The van der Waals surface area contributed by atoms with Crippen molar-refractivity contribution >= 4 is 29.1 Å². The maximum absolute atomic E-state index is 14.4. The summed E-state index contributed by atoms with van der Waals surface area (Å²) in [7, 11) is 0. The van der Waals surface area contributed by atoms with Crippen molar-refractivity contribution < 1.29 is 33.9 Å². The van der Waals surface area contributed by atoms with Gasteiger partial charge in [-0.3, -0.25) is 19.7 Å². The fourth-order valence-corrected chi connectivity index (χ4v) is 3.10. The molecule has 148 valence electrons. The van der Waals surface area contributed by atoms with Gasteiger partial charge in [0.2, 0.25) is 0 Å². The highest BCUT2D eigenvalue weighted by Crippen LogP contribution is 2.40. The highest BCUT2D eigenvalue weighted by molar-refractivity contribution is 6.46. The molecule has 0 bridgehead atoms. The largest absolute Gasteiger partial charge is 0.548 e. The van der Waals surface area contributed by atoms with Gasteiger partial charge in [0.25, 0.3) is 17.4 Å². The third kappa shape index (κ3) is 3.55. The van der Waals surface area contributed by atoms with E-state index in [1.165, 1.54) is 18.2 Å². The third-order valence-electron chi connectivity index (χ3n) is 4.39. The average molecular weight is 399 g/mol. The predicted octanol–water partition coefficient (Wildman–Crippen LogP) is 0.905. The first-order valence-electron chi connectivity index (χ1n) is 8.20. The minimum Gasteiger partial charge on any atom is -0.548 e. The Bertz CT molecular complexity index is 1060. The van der Waals surface area contributed by atoms with Gasteiger partial charge in [0.15, 0.2) is 0 Å². The summed E-state index contributed by atoms with van der Waals surface area (Å²) < 4.78 is 14.4. The average Bonchev–Trinajstić information content (AvgIpc) is 2.92. The van der Waals surface area contributed by atoms with E-state index in [9.17, 15) is 39.1 Å². The Morgan fingerprint density at radius 3 is 2.31 bits per heavy atom. The minimum absolute atomic E-state index is 0.0385. The molecular weight excluding hydrogens is 387 g/mol. The molecule has 1 heterocycles. The number of carboxylic acid groups (broad SMARTS) is 1. The number of nitro benzene ring substituents is 1. The smallest absolute Gasteiger partial charge is 0.295 e. The molecule has 1 aliphatic rings. The normalized spacial score (nSPS) is 18.1. The van der Waals surface area contributed by atoms with E-state index < -0.39 is 52.3 Å². The lowest BCUT2D eigenvalue weighted by molar-refractivity contribution is -0.384. The van der Waals surface area contributed by atoms with Crippen LogP contribution in [0.5, 0.6) is 0 Å². The summed E-state index contributed by atoms with van der Waals surface area (Å²) in [6, 6.07) is 8.02. The number of halogens is 1. The molecule has 1 aliphatic heterocycles. The van der Waals surface area contributed by atoms with Gasteiger partial charge in [0.1, 0.15) is 11.6 Å². The summed E-state index contributed by atoms with van der Waals surface area (Å²) in [5.41, 5.74) is -1.04. The van der Waals surface area contributed by atoms with Crippen molar-refractivity contribution in [2.75, 3.05) is 6.54 Å². The Kier molecular flexibility index (Phi) is 5.09. The molecule has 1 N–H and O–H groups in total. The molecule has 0 aromatic heterocycles. The van der Waals surface area contributed by atoms with Crippen LogP contribution in [0.2, 0.25) is 0 Å². The van der Waals surface area contributed by atoms with Crippen molar-refractivity contribution in [3.63, 3.8) is 0 Å². The number of hydrogen-bond acceptors (Lipinski definition) is 7. The van der Waals surface area contributed by atoms with Crippen LogP contribution in [0.25, 0.3) is 5.76 Å². The summed E-state index contributed by atoms with van der Waals surface area (Å²) in [6.07, 6.45) is 0. The zero-order chi connectivity index (χ0) is 21.3. The van der Waals surface area contributed by atoms with Gasteiger partial charge in [0.05, 0.1) is 29.1 Å². The van der Waals surface area contributed by atoms with Crippen LogP contribution in [-0.4, -0.2) is 39.1 Å². The number of aliphatic hydroxyl groups is 1. The molecule has 2 aromatic carbocycles. The molecule has 2 aromatic rings. The van der Waals surface area contributed by atoms with Crippen LogP contribution < -0.4 is 5.11 Å². The first kappa shape index (κ1) is 19.7. The summed E-state index contributed by atoms with van der Waals surface area (Å²) >= 11 is 0. The van der Waals surface area contributed by atoms with Crippen LogP contribution in [-0.2, 0) is 14.4 Å². The van der Waals surface area contributed by atoms with Gasteiger partial charge >= 0.3 is 0 Å². The summed E-state index contributed by atoms with van der Waals surface area (Å²) in [5.74, 6) is -5.67. The molecule has 3 rings (SSSR count). The van der Waals surface area contributed by atoms with E-state index in [4.69, 9.17) is 0 Å². The van der Waals surface area contributed by atoms with Gasteiger partial charge in [-0.05, 0) is 18.2 Å². The number of nitro groups is 1. The second-order valence-electron chi connectivity index (χ2n) is 6.12. The quantitative estimate of drug-likeness (QED) is 0.259. The summed E-state index contributed by atoms with van der Waals surface area (Å²) in [5, 5.41) is 32.5. The summed E-state index contributed by atoms with van der Waals surface area (Å²) in [4.78, 5) is 46.6. The van der Waals surface area contributed by atoms with Crippen molar-refractivity contribution in [3.05, 3.63) is 81.2 Å². The predicted molar refractivity (Wildman–Crippen MR) is 93.5 cm³/mol. The molecule has 29 heavy (non-hydrogen) atoms. The molecule has 1 fully saturated rings. The van der Waals surface area contributed by atoms with E-state index in [0.29, 0.717) is 4.90 Å². The lowest BCUT2D eigenvalue weighted by Gasteiger charge is -2.25. The molecule has 0 radical (unpaired) electrons. The molecule has 1 amide bonds. The van der Waals surface area contributed by atoms with Gasteiger partial charge in [-0.25, -0.2) is 4.39 Å². The second-order valence-corrected chi connectivity index (χ2v) is 6.12. The number of aliphatic carboxylic acids is 1. The number of hydrogen-bond donors (Lipinski definition) is 1.